The number of piperidine rings is 2. The zero-order valence-electron chi connectivity index (χ0n) is 24.3. The van der Waals surface area contributed by atoms with Crippen LogP contribution in [0.15, 0.2) is 34.2 Å². The minimum Gasteiger partial charge on any atom is -0.481 e. The number of fused-ring (bicyclic) bond motifs is 5. The molecule has 4 bridgehead atoms. The second-order valence-corrected chi connectivity index (χ2v) is 13.0. The van der Waals surface area contributed by atoms with Gasteiger partial charge in [0.2, 0.25) is 0 Å². The van der Waals surface area contributed by atoms with Crippen molar-refractivity contribution in [1.82, 2.24) is 14.5 Å². The van der Waals surface area contributed by atoms with E-state index < -0.39 is 18.5 Å². The van der Waals surface area contributed by atoms with E-state index in [0.717, 1.165) is 43.0 Å². The van der Waals surface area contributed by atoms with Crippen molar-refractivity contribution in [1.29, 1.82) is 0 Å². The molecule has 10 nitrogen and oxygen atoms in total. The number of primary amides is 1. The summed E-state index contributed by atoms with van der Waals surface area (Å²) in [5.41, 5.74) is 6.52. The Balaban J connectivity index is 1.34. The summed E-state index contributed by atoms with van der Waals surface area (Å²) in [4.78, 5) is 49.5. The molecule has 4 fully saturated rings. The molecule has 226 valence electrons. The van der Waals surface area contributed by atoms with Gasteiger partial charge in [0, 0.05) is 30.6 Å². The van der Waals surface area contributed by atoms with Crippen LogP contribution < -0.4 is 11.3 Å². The van der Waals surface area contributed by atoms with Gasteiger partial charge in [-0.1, -0.05) is 49.4 Å². The van der Waals surface area contributed by atoms with Crippen molar-refractivity contribution >= 4 is 28.6 Å². The SMILES string of the molecule is NC(=O)CO/N=C(\CCC(=O)O)c1nc2ccccc2n(C2CC3CCC[C@H](C2)N3C2CC3CCCCC(C3)C2)c1=O. The zero-order chi connectivity index (χ0) is 29.2. The predicted octanol–water partition coefficient (Wildman–Crippen LogP) is 4.38. The van der Waals surface area contributed by atoms with Crippen molar-refractivity contribution in [3.8, 4) is 0 Å². The van der Waals surface area contributed by atoms with Crippen LogP contribution in [0.3, 0.4) is 0 Å². The number of amides is 1. The summed E-state index contributed by atoms with van der Waals surface area (Å²) in [5, 5.41) is 13.3. The Morgan fingerprint density at radius 3 is 2.26 bits per heavy atom. The maximum atomic E-state index is 14.3. The van der Waals surface area contributed by atoms with Crippen molar-refractivity contribution in [2.45, 2.75) is 114 Å². The minimum atomic E-state index is -1.03. The second kappa shape index (κ2) is 12.5. The summed E-state index contributed by atoms with van der Waals surface area (Å²) >= 11 is 0. The molecule has 4 aliphatic rings. The predicted molar refractivity (Wildman–Crippen MR) is 159 cm³/mol. The van der Waals surface area contributed by atoms with E-state index in [2.05, 4.69) is 15.0 Å². The molecule has 2 saturated heterocycles. The number of carbonyl (C=O) groups is 2. The van der Waals surface area contributed by atoms with Crippen molar-refractivity contribution in [3.05, 3.63) is 40.3 Å². The van der Waals surface area contributed by atoms with Crippen LogP contribution >= 0.6 is 0 Å². The molecule has 0 radical (unpaired) electrons. The lowest BCUT2D eigenvalue weighted by Gasteiger charge is -2.54. The number of aromatic nitrogens is 2. The van der Waals surface area contributed by atoms with E-state index in [1.807, 2.05) is 28.8 Å². The van der Waals surface area contributed by atoms with E-state index in [0.29, 0.717) is 23.6 Å². The maximum Gasteiger partial charge on any atom is 0.303 e. The molecule has 2 aliphatic heterocycles. The number of carboxylic acids is 1. The van der Waals surface area contributed by atoms with Crippen LogP contribution in [0, 0.1) is 11.8 Å². The highest BCUT2D eigenvalue weighted by molar-refractivity contribution is 6.00. The zero-order valence-corrected chi connectivity index (χ0v) is 24.3. The fourth-order valence-electron chi connectivity index (χ4n) is 8.62. The van der Waals surface area contributed by atoms with Gasteiger partial charge < -0.3 is 20.2 Å². The Bertz CT molecular complexity index is 1380. The van der Waals surface area contributed by atoms with E-state index in [1.54, 1.807) is 0 Å². The number of para-hydroxylation sites is 2. The summed E-state index contributed by atoms with van der Waals surface area (Å²) in [6.45, 7) is -0.469. The first-order chi connectivity index (χ1) is 20.4. The van der Waals surface area contributed by atoms with Gasteiger partial charge >= 0.3 is 5.97 Å². The van der Waals surface area contributed by atoms with E-state index >= 15 is 0 Å². The van der Waals surface area contributed by atoms with Crippen molar-refractivity contribution in [2.24, 2.45) is 22.7 Å². The number of nitrogens with zero attached hydrogens (tertiary/aromatic N) is 4. The summed E-state index contributed by atoms with van der Waals surface area (Å²) in [5.74, 6) is -0.00849. The first-order valence-corrected chi connectivity index (χ1v) is 15.9. The fraction of sp³-hybridized carbons (Fsp3) is 0.656. The second-order valence-electron chi connectivity index (χ2n) is 13.0. The molecule has 0 spiro atoms. The molecule has 2 aromatic rings. The molecule has 3 heterocycles. The van der Waals surface area contributed by atoms with Crippen LogP contribution in [0.1, 0.15) is 102 Å². The third kappa shape index (κ3) is 6.09. The fourth-order valence-corrected chi connectivity index (χ4v) is 8.62. The van der Waals surface area contributed by atoms with Crippen LogP contribution in [0.5, 0.6) is 0 Å². The molecular formula is C32H43N5O5. The molecule has 3 N–H and O–H groups in total. The van der Waals surface area contributed by atoms with Gasteiger partial charge in [-0.2, -0.15) is 0 Å². The van der Waals surface area contributed by atoms with Crippen LogP contribution in [0.25, 0.3) is 11.0 Å². The van der Waals surface area contributed by atoms with Crippen LogP contribution in [0.2, 0.25) is 0 Å². The number of oxime groups is 1. The van der Waals surface area contributed by atoms with Crippen molar-refractivity contribution in [2.75, 3.05) is 6.61 Å². The maximum absolute atomic E-state index is 14.3. The van der Waals surface area contributed by atoms with Gasteiger partial charge in [0.25, 0.3) is 11.5 Å². The molecule has 2 saturated carbocycles. The van der Waals surface area contributed by atoms with Crippen molar-refractivity contribution < 1.29 is 19.5 Å². The number of rotatable bonds is 9. The summed E-state index contributed by atoms with van der Waals surface area (Å²) in [6.07, 6.45) is 14.7. The van der Waals surface area contributed by atoms with Gasteiger partial charge in [-0.25, -0.2) is 4.98 Å². The van der Waals surface area contributed by atoms with Gasteiger partial charge in [0.05, 0.1) is 17.5 Å². The number of carbonyl (C=O) groups excluding carboxylic acids is 1. The number of aliphatic carboxylic acids is 1. The van der Waals surface area contributed by atoms with E-state index in [-0.39, 0.29) is 35.8 Å². The average molecular weight is 578 g/mol. The standard InChI is InChI=1S/C32H43N5O5/c33-29(38)19-42-35-27(12-13-30(39)40)31-32(41)37(28-11-4-3-10-26(28)34-31)25-17-22-8-5-9-23(18-25)36(22)24-15-20-6-1-2-7-21(14-20)16-24/h3-4,10-11,20-25H,1-2,5-9,12-19H2,(H2,33,38)(H,39,40)/b35-27+/t20?,21?,22-,23?,24?,25?/m1/s1. The lowest BCUT2D eigenvalue weighted by molar-refractivity contribution is -0.136. The summed E-state index contributed by atoms with van der Waals surface area (Å²) in [7, 11) is 0. The highest BCUT2D eigenvalue weighted by atomic mass is 16.6. The average Bonchev–Trinajstić information content (AvgIpc) is 3.12. The van der Waals surface area contributed by atoms with Crippen molar-refractivity contribution in [3.63, 3.8) is 0 Å². The van der Waals surface area contributed by atoms with Crippen LogP contribution in [0.4, 0.5) is 0 Å². The monoisotopic (exact) mass is 577 g/mol. The van der Waals surface area contributed by atoms with Gasteiger partial charge in [0.1, 0.15) is 5.71 Å². The first-order valence-electron chi connectivity index (χ1n) is 15.9. The number of benzene rings is 1. The Morgan fingerprint density at radius 1 is 0.905 bits per heavy atom. The lowest BCUT2D eigenvalue weighted by atomic mass is 9.73. The van der Waals surface area contributed by atoms with E-state index in [1.165, 1.54) is 51.4 Å². The molecule has 5 atom stereocenters. The topological polar surface area (TPSA) is 140 Å². The number of hydrogen-bond donors (Lipinski definition) is 2. The minimum absolute atomic E-state index is 0.00818. The van der Waals surface area contributed by atoms with Crippen LogP contribution in [-0.4, -0.2) is 61.9 Å². The molecule has 42 heavy (non-hydrogen) atoms. The third-order valence-corrected chi connectivity index (χ3v) is 10.2. The van der Waals surface area contributed by atoms with Crippen LogP contribution in [-0.2, 0) is 14.4 Å². The molecule has 2 aliphatic carbocycles. The lowest BCUT2D eigenvalue weighted by Crippen LogP contribution is -2.58. The summed E-state index contributed by atoms with van der Waals surface area (Å²) < 4.78 is 1.89. The largest absolute Gasteiger partial charge is 0.481 e. The normalized spacial score (nSPS) is 30.0. The smallest absolute Gasteiger partial charge is 0.303 e. The third-order valence-electron chi connectivity index (χ3n) is 10.2. The van der Waals surface area contributed by atoms with Gasteiger partial charge in [-0.15, -0.1) is 0 Å². The Hall–Kier alpha value is -3.27. The Kier molecular flexibility index (Phi) is 8.60. The number of carboxylic acid groups (broad SMARTS) is 1. The molecular weight excluding hydrogens is 534 g/mol. The van der Waals surface area contributed by atoms with E-state index in [9.17, 15) is 19.5 Å². The summed E-state index contributed by atoms with van der Waals surface area (Å²) in [6, 6.07) is 9.19. The molecule has 1 aromatic heterocycles. The van der Waals surface area contributed by atoms with E-state index in [4.69, 9.17) is 10.6 Å². The molecule has 1 aromatic carbocycles. The Morgan fingerprint density at radius 2 is 1.60 bits per heavy atom. The molecule has 6 rings (SSSR count). The quantitative estimate of drug-likeness (QED) is 0.333. The highest BCUT2D eigenvalue weighted by Crippen LogP contribution is 2.47. The number of nitrogens with two attached hydrogens (primary N) is 1. The van der Waals surface area contributed by atoms with Gasteiger partial charge in [-0.3, -0.25) is 19.3 Å². The molecule has 10 heteroatoms. The first kappa shape index (κ1) is 28.8. The highest BCUT2D eigenvalue weighted by Gasteiger charge is 2.45. The van der Waals surface area contributed by atoms with Gasteiger partial charge in [-0.05, 0) is 68.9 Å². The Labute approximate surface area is 246 Å². The molecule has 4 unspecified atom stereocenters. The van der Waals surface area contributed by atoms with Gasteiger partial charge in [0.15, 0.2) is 12.3 Å². The number of hydrogen-bond acceptors (Lipinski definition) is 7. The molecule has 1 amide bonds.